The van der Waals surface area contributed by atoms with Crippen molar-refractivity contribution in [3.05, 3.63) is 95.4 Å². The molecule has 1 amide bonds. The molecule has 9 heteroatoms. The molecule has 0 saturated heterocycles. The summed E-state index contributed by atoms with van der Waals surface area (Å²) in [6, 6.07) is 23.4. The van der Waals surface area contributed by atoms with Crippen LogP contribution in [0.25, 0.3) is 32.6 Å². The lowest BCUT2D eigenvalue weighted by Gasteiger charge is -2.12. The average molecular weight is 520 g/mol. The van der Waals surface area contributed by atoms with Gasteiger partial charge in [0.05, 0.1) is 24.1 Å². The van der Waals surface area contributed by atoms with Crippen LogP contribution in [0.2, 0.25) is 0 Å². The van der Waals surface area contributed by atoms with Crippen molar-refractivity contribution in [1.82, 2.24) is 4.98 Å². The molecular formula is C28H20F3N3O2S. The molecule has 0 saturated carbocycles. The molecule has 0 spiro atoms. The Balaban J connectivity index is 1.65. The van der Waals surface area contributed by atoms with Crippen molar-refractivity contribution in [2.75, 3.05) is 18.2 Å². The van der Waals surface area contributed by atoms with Crippen LogP contribution in [0.1, 0.15) is 15.2 Å². The van der Waals surface area contributed by atoms with Crippen LogP contribution in [0, 0.1) is 0 Å². The highest BCUT2D eigenvalue weighted by molar-refractivity contribution is 7.21. The molecule has 0 aliphatic rings. The largest absolute Gasteiger partial charge is 0.496 e. The van der Waals surface area contributed by atoms with E-state index in [1.54, 1.807) is 7.11 Å². The topological polar surface area (TPSA) is 77.2 Å². The minimum atomic E-state index is -4.53. The number of rotatable bonds is 5. The molecule has 0 aliphatic heterocycles. The lowest BCUT2D eigenvalue weighted by molar-refractivity contribution is -0.137. The van der Waals surface area contributed by atoms with Crippen molar-refractivity contribution >= 4 is 38.8 Å². The zero-order valence-electron chi connectivity index (χ0n) is 19.5. The quantitative estimate of drug-likeness (QED) is 0.252. The van der Waals surface area contributed by atoms with E-state index in [0.717, 1.165) is 40.2 Å². The molecule has 0 atom stereocenters. The van der Waals surface area contributed by atoms with Gasteiger partial charge < -0.3 is 15.8 Å². The van der Waals surface area contributed by atoms with Gasteiger partial charge in [0.25, 0.3) is 5.91 Å². The summed E-state index contributed by atoms with van der Waals surface area (Å²) in [5.74, 6) is 0.00152. The zero-order chi connectivity index (χ0) is 26.2. The lowest BCUT2D eigenvalue weighted by atomic mass is 9.98. The smallest absolute Gasteiger partial charge is 0.416 e. The van der Waals surface area contributed by atoms with Gasteiger partial charge in [-0.1, -0.05) is 54.6 Å². The predicted octanol–water partition coefficient (Wildman–Crippen LogP) is 7.49. The van der Waals surface area contributed by atoms with Gasteiger partial charge in [0.2, 0.25) is 0 Å². The van der Waals surface area contributed by atoms with Crippen LogP contribution in [0.4, 0.5) is 24.5 Å². The molecular weight excluding hydrogens is 499 g/mol. The summed E-state index contributed by atoms with van der Waals surface area (Å²) in [5.41, 5.74) is 8.90. The molecule has 3 N–H and O–H groups in total. The molecule has 3 aromatic carbocycles. The van der Waals surface area contributed by atoms with Crippen molar-refractivity contribution in [2.45, 2.75) is 6.18 Å². The van der Waals surface area contributed by atoms with Crippen LogP contribution in [-0.2, 0) is 6.18 Å². The van der Waals surface area contributed by atoms with Gasteiger partial charge in [-0.3, -0.25) is 4.79 Å². The first-order chi connectivity index (χ1) is 17.8. The number of amides is 1. The summed E-state index contributed by atoms with van der Waals surface area (Å²) in [6.45, 7) is 0. The Morgan fingerprint density at radius 3 is 2.41 bits per heavy atom. The van der Waals surface area contributed by atoms with Crippen molar-refractivity contribution in [3.8, 4) is 28.1 Å². The number of fused-ring (bicyclic) bond motifs is 1. The number of nitrogen functional groups attached to an aromatic ring is 1. The number of aromatic nitrogens is 1. The maximum atomic E-state index is 13.2. The molecule has 0 fully saturated rings. The highest BCUT2D eigenvalue weighted by Crippen LogP contribution is 2.44. The van der Waals surface area contributed by atoms with Gasteiger partial charge in [0.15, 0.2) is 0 Å². The number of carbonyl (C=O) groups is 1. The molecule has 5 nitrogen and oxygen atoms in total. The Morgan fingerprint density at radius 2 is 1.68 bits per heavy atom. The van der Waals surface area contributed by atoms with Gasteiger partial charge in [-0.15, -0.1) is 11.3 Å². The van der Waals surface area contributed by atoms with E-state index in [0.29, 0.717) is 21.7 Å². The molecule has 186 valence electrons. The van der Waals surface area contributed by atoms with E-state index in [4.69, 9.17) is 15.5 Å². The summed E-state index contributed by atoms with van der Waals surface area (Å²) < 4.78 is 45.0. The Hall–Kier alpha value is -4.37. The first-order valence-corrected chi connectivity index (χ1v) is 12.0. The number of carbonyl (C=O) groups excluding carboxylic acids is 1. The number of nitrogens with two attached hydrogens (primary N) is 1. The van der Waals surface area contributed by atoms with Gasteiger partial charge >= 0.3 is 6.18 Å². The van der Waals surface area contributed by atoms with Gasteiger partial charge in [-0.25, -0.2) is 4.98 Å². The van der Waals surface area contributed by atoms with Crippen LogP contribution in [-0.4, -0.2) is 18.0 Å². The number of anilines is 2. The monoisotopic (exact) mass is 519 g/mol. The Labute approximate surface area is 214 Å². The van der Waals surface area contributed by atoms with E-state index in [1.165, 1.54) is 12.1 Å². The highest BCUT2D eigenvalue weighted by atomic mass is 32.1. The molecule has 5 aromatic rings. The third kappa shape index (κ3) is 4.73. The van der Waals surface area contributed by atoms with Crippen LogP contribution in [0.3, 0.4) is 0 Å². The fraction of sp³-hybridized carbons (Fsp3) is 0.0714. The maximum Gasteiger partial charge on any atom is 0.416 e. The summed E-state index contributed by atoms with van der Waals surface area (Å²) in [7, 11) is 1.57. The molecule has 0 bridgehead atoms. The second kappa shape index (κ2) is 9.59. The number of halogens is 3. The van der Waals surface area contributed by atoms with Crippen molar-refractivity contribution in [2.24, 2.45) is 0 Å². The summed E-state index contributed by atoms with van der Waals surface area (Å²) in [4.78, 5) is 18.6. The van der Waals surface area contributed by atoms with E-state index in [9.17, 15) is 18.0 Å². The number of methoxy groups -OCH3 is 1. The number of ether oxygens (including phenoxy) is 1. The fourth-order valence-corrected chi connectivity index (χ4v) is 5.10. The normalized spacial score (nSPS) is 11.5. The van der Waals surface area contributed by atoms with Gasteiger partial charge in [0.1, 0.15) is 15.5 Å². The fourth-order valence-electron chi connectivity index (χ4n) is 4.09. The molecule has 0 aliphatic carbocycles. The molecule has 0 unspecified atom stereocenters. The molecule has 2 heterocycles. The Bertz CT molecular complexity index is 1610. The number of thiophene rings is 1. The van der Waals surface area contributed by atoms with Gasteiger partial charge in [-0.2, -0.15) is 13.2 Å². The standard InChI is InChI=1S/C28H20F3N3O2S/c1-36-22-13-6-5-12-19(22)20-15-21(16-8-3-2-4-9-16)34-27-23(20)24(32)25(37-27)26(35)33-18-11-7-10-17(14-18)28(29,30)31/h2-15H,32H2,1H3,(H,33,35). The molecule has 0 radical (unpaired) electrons. The molecule has 37 heavy (non-hydrogen) atoms. The van der Waals surface area contributed by atoms with Crippen LogP contribution < -0.4 is 15.8 Å². The summed E-state index contributed by atoms with van der Waals surface area (Å²) >= 11 is 1.08. The number of alkyl halides is 3. The van der Waals surface area contributed by atoms with Crippen molar-refractivity contribution in [1.29, 1.82) is 0 Å². The number of nitrogens with zero attached hydrogens (tertiary/aromatic N) is 1. The Morgan fingerprint density at radius 1 is 0.946 bits per heavy atom. The second-order valence-corrected chi connectivity index (χ2v) is 9.18. The third-order valence-electron chi connectivity index (χ3n) is 5.82. The minimum absolute atomic E-state index is 0.0135. The summed E-state index contributed by atoms with van der Waals surface area (Å²) in [6.07, 6.45) is -4.53. The SMILES string of the molecule is COc1ccccc1-c1cc(-c2ccccc2)nc2sc(C(=O)Nc3cccc(C(F)(F)F)c3)c(N)c12. The van der Waals surface area contributed by atoms with Crippen molar-refractivity contribution in [3.63, 3.8) is 0 Å². The summed E-state index contributed by atoms with van der Waals surface area (Å²) in [5, 5.41) is 3.11. The maximum absolute atomic E-state index is 13.2. The van der Waals surface area contributed by atoms with Crippen molar-refractivity contribution < 1.29 is 22.7 Å². The van der Waals surface area contributed by atoms with Gasteiger partial charge in [0, 0.05) is 22.2 Å². The zero-order valence-corrected chi connectivity index (χ0v) is 20.3. The van der Waals surface area contributed by atoms with Crippen LogP contribution >= 0.6 is 11.3 Å². The van der Waals surface area contributed by atoms with Crippen LogP contribution in [0.15, 0.2) is 84.9 Å². The number of para-hydroxylation sites is 1. The number of benzene rings is 3. The number of hydrogen-bond acceptors (Lipinski definition) is 5. The predicted molar refractivity (Wildman–Crippen MR) is 141 cm³/mol. The molecule has 5 rings (SSSR count). The van der Waals surface area contributed by atoms with E-state index in [2.05, 4.69) is 5.32 Å². The number of nitrogens with one attached hydrogen (secondary N) is 1. The highest BCUT2D eigenvalue weighted by Gasteiger charge is 2.31. The minimum Gasteiger partial charge on any atom is -0.496 e. The molecule has 2 aromatic heterocycles. The van der Waals surface area contributed by atoms with E-state index in [1.807, 2.05) is 60.7 Å². The van der Waals surface area contributed by atoms with Gasteiger partial charge in [-0.05, 0) is 35.9 Å². The first-order valence-electron chi connectivity index (χ1n) is 11.2. The number of hydrogen-bond donors (Lipinski definition) is 2. The third-order valence-corrected chi connectivity index (χ3v) is 6.92. The number of pyridine rings is 1. The first kappa shape index (κ1) is 24.3. The van der Waals surface area contributed by atoms with E-state index < -0.39 is 17.6 Å². The second-order valence-electron chi connectivity index (χ2n) is 8.18. The lowest BCUT2D eigenvalue weighted by Crippen LogP contribution is -2.13. The van der Waals surface area contributed by atoms with E-state index >= 15 is 0 Å². The average Bonchev–Trinajstić information content (AvgIpc) is 3.24. The van der Waals surface area contributed by atoms with Crippen LogP contribution in [0.5, 0.6) is 5.75 Å². The Kier molecular flexibility index (Phi) is 6.31. The van der Waals surface area contributed by atoms with E-state index in [-0.39, 0.29) is 16.3 Å².